The summed E-state index contributed by atoms with van der Waals surface area (Å²) in [6, 6.07) is 13.2. The predicted molar refractivity (Wildman–Crippen MR) is 118 cm³/mol. The fourth-order valence-corrected chi connectivity index (χ4v) is 3.07. The van der Waals surface area contributed by atoms with Gasteiger partial charge in [-0.2, -0.15) is 9.78 Å². The van der Waals surface area contributed by atoms with Gasteiger partial charge in [0.15, 0.2) is 11.4 Å². The van der Waals surface area contributed by atoms with E-state index in [1.807, 2.05) is 6.07 Å². The van der Waals surface area contributed by atoms with Crippen LogP contribution < -0.4 is 15.9 Å². The number of nitrogens with zero attached hydrogens (tertiary/aromatic N) is 7. The van der Waals surface area contributed by atoms with E-state index in [0.717, 1.165) is 4.68 Å². The molecule has 0 atom stereocenters. The molecule has 0 aliphatic heterocycles. The highest BCUT2D eigenvalue weighted by Crippen LogP contribution is 2.28. The lowest BCUT2D eigenvalue weighted by atomic mass is 10.1. The first-order valence-electron chi connectivity index (χ1n) is 9.67. The number of rotatable bonds is 7. The van der Waals surface area contributed by atoms with Crippen molar-refractivity contribution < 1.29 is 19.1 Å². The minimum absolute atomic E-state index is 0.0219. The Hall–Kier alpha value is -5.14. The molecule has 0 aliphatic carbocycles. The lowest BCUT2D eigenvalue weighted by Crippen LogP contribution is -2.23. The molecular weight excluding hydrogens is 446 g/mol. The number of benzene rings is 2. The summed E-state index contributed by atoms with van der Waals surface area (Å²) in [6.07, 6.45) is 0. The molecule has 14 nitrogen and oxygen atoms in total. The summed E-state index contributed by atoms with van der Waals surface area (Å²) in [7, 11) is 1.34. The molecule has 0 aliphatic rings. The van der Waals surface area contributed by atoms with Gasteiger partial charge in [0.2, 0.25) is 11.6 Å². The molecule has 14 heteroatoms. The highest BCUT2D eigenvalue weighted by atomic mass is 16.6. The molecule has 4 rings (SSSR count). The third kappa shape index (κ3) is 4.14. The van der Waals surface area contributed by atoms with Crippen molar-refractivity contribution in [1.29, 1.82) is 0 Å². The second kappa shape index (κ2) is 9.15. The maximum Gasteiger partial charge on any atom is 0.311 e. The van der Waals surface area contributed by atoms with Crippen molar-refractivity contribution in [2.24, 2.45) is 5.10 Å². The summed E-state index contributed by atoms with van der Waals surface area (Å²) in [4.78, 5) is 23.9. The molecule has 0 saturated carbocycles. The second-order valence-electron chi connectivity index (χ2n) is 6.82. The van der Waals surface area contributed by atoms with Gasteiger partial charge >= 0.3 is 5.69 Å². The number of carbonyl (C=O) groups is 1. The number of methoxy groups -OCH3 is 1. The van der Waals surface area contributed by atoms with Crippen molar-refractivity contribution in [3.05, 3.63) is 69.9 Å². The molecule has 0 saturated heterocycles. The summed E-state index contributed by atoms with van der Waals surface area (Å²) in [5.74, 6) is -0.699. The zero-order chi connectivity index (χ0) is 24.2. The van der Waals surface area contributed by atoms with Gasteiger partial charge in [-0.1, -0.05) is 35.5 Å². The van der Waals surface area contributed by atoms with Gasteiger partial charge in [0, 0.05) is 17.2 Å². The van der Waals surface area contributed by atoms with Crippen LogP contribution in [-0.2, 0) is 0 Å². The molecule has 0 unspecified atom stereocenters. The van der Waals surface area contributed by atoms with Crippen molar-refractivity contribution in [3.63, 3.8) is 0 Å². The Bertz CT molecular complexity index is 1390. The van der Waals surface area contributed by atoms with E-state index in [1.54, 1.807) is 37.3 Å². The summed E-state index contributed by atoms with van der Waals surface area (Å²) in [5, 5.41) is 30.6. The third-order valence-corrected chi connectivity index (χ3v) is 4.75. The number of hydrogen-bond acceptors (Lipinski definition) is 11. The molecule has 172 valence electrons. The van der Waals surface area contributed by atoms with Crippen molar-refractivity contribution in [2.75, 3.05) is 12.8 Å². The van der Waals surface area contributed by atoms with Gasteiger partial charge in [0.1, 0.15) is 5.69 Å². The van der Waals surface area contributed by atoms with E-state index in [4.69, 9.17) is 10.5 Å². The second-order valence-corrected chi connectivity index (χ2v) is 6.82. The van der Waals surface area contributed by atoms with E-state index < -0.39 is 10.8 Å². The first-order chi connectivity index (χ1) is 16.4. The molecule has 0 spiro atoms. The van der Waals surface area contributed by atoms with Crippen LogP contribution in [0.4, 0.5) is 11.5 Å². The highest BCUT2D eigenvalue weighted by Gasteiger charge is 2.26. The number of hydrogen-bond donors (Lipinski definition) is 2. The molecule has 0 bridgehead atoms. The van der Waals surface area contributed by atoms with Crippen LogP contribution >= 0.6 is 0 Å². The highest BCUT2D eigenvalue weighted by molar-refractivity contribution is 6.02. The molecule has 2 heterocycles. The number of carbonyl (C=O) groups excluding carboxylic acids is 1. The van der Waals surface area contributed by atoms with Crippen LogP contribution in [-0.4, -0.2) is 49.0 Å². The van der Waals surface area contributed by atoms with Crippen molar-refractivity contribution in [1.82, 2.24) is 30.7 Å². The summed E-state index contributed by atoms with van der Waals surface area (Å²) < 4.78 is 10.7. The van der Waals surface area contributed by atoms with Crippen molar-refractivity contribution in [2.45, 2.75) is 6.92 Å². The van der Waals surface area contributed by atoms with Gasteiger partial charge in [-0.25, -0.2) is 10.1 Å². The number of hydrazone groups is 1. The number of amides is 1. The van der Waals surface area contributed by atoms with E-state index in [1.165, 1.54) is 19.2 Å². The Kier molecular flexibility index (Phi) is 5.94. The van der Waals surface area contributed by atoms with Crippen LogP contribution in [0.25, 0.3) is 17.1 Å². The maximum atomic E-state index is 13.2. The van der Waals surface area contributed by atoms with Gasteiger partial charge < -0.3 is 10.5 Å². The van der Waals surface area contributed by atoms with Crippen LogP contribution in [0.5, 0.6) is 5.75 Å². The minimum Gasteiger partial charge on any atom is -0.490 e. The predicted octanol–water partition coefficient (Wildman–Crippen LogP) is 1.97. The topological polar surface area (TPSA) is 189 Å². The summed E-state index contributed by atoms with van der Waals surface area (Å²) >= 11 is 0. The molecule has 0 radical (unpaired) electrons. The number of anilines is 1. The van der Waals surface area contributed by atoms with Crippen LogP contribution in [0.15, 0.2) is 58.3 Å². The van der Waals surface area contributed by atoms with Crippen molar-refractivity contribution in [3.8, 4) is 22.8 Å². The van der Waals surface area contributed by atoms with Gasteiger partial charge in [-0.05, 0) is 29.4 Å². The first-order valence-corrected chi connectivity index (χ1v) is 9.67. The number of nitrogens with one attached hydrogen (secondary N) is 1. The monoisotopic (exact) mass is 463 g/mol. The van der Waals surface area contributed by atoms with E-state index >= 15 is 0 Å². The van der Waals surface area contributed by atoms with Crippen LogP contribution in [0.1, 0.15) is 23.0 Å². The van der Waals surface area contributed by atoms with Crippen LogP contribution in [0.2, 0.25) is 0 Å². The summed E-state index contributed by atoms with van der Waals surface area (Å²) in [5.41, 5.74) is 9.51. The Balaban J connectivity index is 1.70. The third-order valence-electron chi connectivity index (χ3n) is 4.75. The minimum atomic E-state index is -0.686. The van der Waals surface area contributed by atoms with E-state index in [2.05, 4.69) is 35.8 Å². The quantitative estimate of drug-likeness (QED) is 0.233. The maximum absolute atomic E-state index is 13.2. The number of nitrogens with two attached hydrogens (primary N) is 1. The molecule has 0 fully saturated rings. The Morgan fingerprint density at radius 2 is 2.00 bits per heavy atom. The lowest BCUT2D eigenvalue weighted by molar-refractivity contribution is -0.385. The fourth-order valence-electron chi connectivity index (χ4n) is 3.07. The van der Waals surface area contributed by atoms with Gasteiger partial charge in [0.25, 0.3) is 5.91 Å². The first kappa shape index (κ1) is 22.1. The number of nitro groups is 1. The number of aromatic nitrogens is 5. The smallest absolute Gasteiger partial charge is 0.311 e. The van der Waals surface area contributed by atoms with Gasteiger partial charge in [-0.15, -0.1) is 5.10 Å². The van der Waals surface area contributed by atoms with Gasteiger partial charge in [-0.3, -0.25) is 14.9 Å². The lowest BCUT2D eigenvalue weighted by Gasteiger charge is -2.07. The zero-order valence-electron chi connectivity index (χ0n) is 17.9. The molecule has 4 aromatic rings. The average molecular weight is 463 g/mol. The number of nitro benzene ring substituents is 1. The SMILES string of the molecule is COc1ccc(C(C)=NNC(=O)c2c(-c3ccccc3)nnn2-c2nonc2N)cc1[N+](=O)[O-]. The average Bonchev–Trinajstić information content (AvgIpc) is 3.48. The number of nitrogen functional groups attached to an aromatic ring is 1. The Morgan fingerprint density at radius 3 is 2.65 bits per heavy atom. The van der Waals surface area contributed by atoms with E-state index in [0.29, 0.717) is 16.8 Å². The van der Waals surface area contributed by atoms with E-state index in [-0.39, 0.29) is 34.5 Å². The largest absolute Gasteiger partial charge is 0.490 e. The fraction of sp³-hybridized carbons (Fsp3) is 0.100. The Labute approximate surface area is 191 Å². The number of ether oxygens (including phenoxy) is 1. The van der Waals surface area contributed by atoms with Gasteiger partial charge in [0.05, 0.1) is 17.7 Å². The summed E-state index contributed by atoms with van der Waals surface area (Å²) in [6.45, 7) is 1.58. The van der Waals surface area contributed by atoms with E-state index in [9.17, 15) is 14.9 Å². The van der Waals surface area contributed by atoms with Crippen LogP contribution in [0, 0.1) is 10.1 Å². The zero-order valence-corrected chi connectivity index (χ0v) is 17.9. The molecule has 34 heavy (non-hydrogen) atoms. The molecule has 1 amide bonds. The molecular formula is C20H17N9O5. The molecule has 3 N–H and O–H groups in total. The molecule has 2 aromatic carbocycles. The van der Waals surface area contributed by atoms with Crippen LogP contribution in [0.3, 0.4) is 0 Å². The normalized spacial score (nSPS) is 11.3. The standard InChI is InChI=1S/C20H17N9O5/c1-11(13-8-9-15(33-2)14(10-13)29(31)32)22-24-20(30)17-16(12-6-4-3-5-7-12)23-27-28(17)19-18(21)25-34-26-19/h3-10H,1-2H3,(H2,21,25)(H,24,30). The Morgan fingerprint density at radius 1 is 1.24 bits per heavy atom. The van der Waals surface area contributed by atoms with Crippen molar-refractivity contribution >= 4 is 23.1 Å². The molecule has 2 aromatic heterocycles.